The van der Waals surface area contributed by atoms with Crippen molar-refractivity contribution < 1.29 is 19.4 Å². The number of hydrogen-bond donors (Lipinski definition) is 2. The molecule has 0 aromatic rings. The van der Waals surface area contributed by atoms with Crippen LogP contribution in [0.3, 0.4) is 0 Å². The van der Waals surface area contributed by atoms with E-state index in [0.29, 0.717) is 19.7 Å². The van der Waals surface area contributed by atoms with Crippen LogP contribution in [0.1, 0.15) is 13.3 Å². The summed E-state index contributed by atoms with van der Waals surface area (Å²) in [5.74, 6) is -1.12. The van der Waals surface area contributed by atoms with Crippen molar-refractivity contribution in [3.63, 3.8) is 0 Å². The minimum absolute atomic E-state index is 0.110. The summed E-state index contributed by atoms with van der Waals surface area (Å²) in [6.45, 7) is 3.51. The quantitative estimate of drug-likeness (QED) is 0.652. The molecule has 6 heteroatoms. The van der Waals surface area contributed by atoms with Crippen molar-refractivity contribution in [2.24, 2.45) is 0 Å². The number of carboxylic acid groups (broad SMARTS) is 1. The maximum atomic E-state index is 11.9. The van der Waals surface area contributed by atoms with E-state index in [1.54, 1.807) is 12.0 Å². The van der Waals surface area contributed by atoms with E-state index in [4.69, 9.17) is 9.84 Å². The maximum Gasteiger partial charge on any atom is 0.305 e. The van der Waals surface area contributed by atoms with Crippen molar-refractivity contribution >= 4 is 11.9 Å². The van der Waals surface area contributed by atoms with Gasteiger partial charge >= 0.3 is 5.97 Å². The van der Waals surface area contributed by atoms with Crippen molar-refractivity contribution in [2.75, 3.05) is 26.8 Å². The zero-order valence-electron chi connectivity index (χ0n) is 9.60. The third-order valence-corrected chi connectivity index (χ3v) is 2.53. The Hall–Kier alpha value is -1.14. The molecular formula is C10H18N2O4. The molecule has 1 saturated heterocycles. The van der Waals surface area contributed by atoms with Crippen LogP contribution in [0.25, 0.3) is 0 Å². The lowest BCUT2D eigenvalue weighted by Crippen LogP contribution is -2.60. The highest BCUT2D eigenvalue weighted by molar-refractivity contribution is 5.87. The molecule has 1 heterocycles. The molecule has 92 valence electrons. The highest BCUT2D eigenvalue weighted by atomic mass is 16.5. The lowest BCUT2D eigenvalue weighted by atomic mass is 10.1. The van der Waals surface area contributed by atoms with Crippen LogP contribution in [0.4, 0.5) is 0 Å². The SMILES string of the molecule is COCCN1CC(C)NC(CC(=O)O)C1=O. The number of carbonyl (C=O) groups excluding carboxylic acids is 1. The first-order chi connectivity index (χ1) is 7.54. The summed E-state index contributed by atoms with van der Waals surface area (Å²) in [6, 6.07) is -0.503. The second-order valence-electron chi connectivity index (χ2n) is 4.00. The second kappa shape index (κ2) is 5.81. The van der Waals surface area contributed by atoms with E-state index in [9.17, 15) is 9.59 Å². The summed E-state index contributed by atoms with van der Waals surface area (Å²) < 4.78 is 4.91. The van der Waals surface area contributed by atoms with Gasteiger partial charge < -0.3 is 20.1 Å². The molecule has 0 bridgehead atoms. The molecule has 6 nitrogen and oxygen atoms in total. The summed E-state index contributed by atoms with van der Waals surface area (Å²) >= 11 is 0. The fourth-order valence-corrected chi connectivity index (χ4v) is 1.83. The van der Waals surface area contributed by atoms with E-state index in [2.05, 4.69) is 5.32 Å². The van der Waals surface area contributed by atoms with Crippen molar-refractivity contribution in [1.82, 2.24) is 10.2 Å². The number of nitrogens with one attached hydrogen (secondary N) is 1. The van der Waals surface area contributed by atoms with Gasteiger partial charge in [-0.15, -0.1) is 0 Å². The first kappa shape index (κ1) is 12.9. The number of aliphatic carboxylic acids is 1. The minimum Gasteiger partial charge on any atom is -0.481 e. The Morgan fingerprint density at radius 3 is 2.94 bits per heavy atom. The van der Waals surface area contributed by atoms with Crippen LogP contribution in [-0.2, 0) is 14.3 Å². The maximum absolute atomic E-state index is 11.9. The molecule has 0 saturated carbocycles. The molecule has 1 rings (SSSR count). The third kappa shape index (κ3) is 3.46. The van der Waals surface area contributed by atoms with E-state index < -0.39 is 12.0 Å². The van der Waals surface area contributed by atoms with Gasteiger partial charge in [0.05, 0.1) is 19.1 Å². The van der Waals surface area contributed by atoms with E-state index >= 15 is 0 Å². The first-order valence-corrected chi connectivity index (χ1v) is 5.30. The van der Waals surface area contributed by atoms with Crippen molar-refractivity contribution in [3.8, 4) is 0 Å². The number of ether oxygens (including phenoxy) is 1. The van der Waals surface area contributed by atoms with Crippen molar-refractivity contribution in [2.45, 2.75) is 25.4 Å². The lowest BCUT2D eigenvalue weighted by molar-refractivity contribution is -0.145. The summed E-state index contributed by atoms with van der Waals surface area (Å²) in [5.41, 5.74) is 0. The fourth-order valence-electron chi connectivity index (χ4n) is 1.83. The number of carbonyl (C=O) groups is 2. The Bertz CT molecular complexity index is 270. The number of nitrogens with zero attached hydrogens (tertiary/aromatic N) is 1. The standard InChI is InChI=1S/C10H18N2O4/c1-7-6-12(3-4-16-2)10(15)8(11-7)5-9(13)14/h7-8,11H,3-6H2,1-2H3,(H,13,14). The van der Waals surface area contributed by atoms with E-state index in [0.717, 1.165) is 0 Å². The van der Waals surface area contributed by atoms with Gasteiger partial charge in [0.1, 0.15) is 0 Å². The van der Waals surface area contributed by atoms with Crippen LogP contribution < -0.4 is 5.32 Å². The molecule has 0 aliphatic carbocycles. The van der Waals surface area contributed by atoms with Gasteiger partial charge in [0.2, 0.25) is 5.91 Å². The average molecular weight is 230 g/mol. The van der Waals surface area contributed by atoms with Crippen LogP contribution in [0.5, 0.6) is 0 Å². The smallest absolute Gasteiger partial charge is 0.305 e. The monoisotopic (exact) mass is 230 g/mol. The summed E-state index contributed by atoms with van der Waals surface area (Å²) in [6.07, 6.45) is -0.174. The van der Waals surface area contributed by atoms with Crippen molar-refractivity contribution in [1.29, 1.82) is 0 Å². The molecule has 2 N–H and O–H groups in total. The van der Waals surface area contributed by atoms with Gasteiger partial charge in [0.25, 0.3) is 0 Å². The zero-order chi connectivity index (χ0) is 12.1. The minimum atomic E-state index is -0.966. The molecule has 1 amide bonds. The average Bonchev–Trinajstić information content (AvgIpc) is 2.20. The molecule has 0 radical (unpaired) electrons. The van der Waals surface area contributed by atoms with Gasteiger partial charge in [-0.3, -0.25) is 9.59 Å². The van der Waals surface area contributed by atoms with Crippen molar-refractivity contribution in [3.05, 3.63) is 0 Å². The van der Waals surface area contributed by atoms with Gasteiger partial charge in [0, 0.05) is 26.2 Å². The van der Waals surface area contributed by atoms with Gasteiger partial charge in [-0.25, -0.2) is 0 Å². The predicted molar refractivity (Wildman–Crippen MR) is 57.1 cm³/mol. The van der Waals surface area contributed by atoms with Gasteiger partial charge in [0.15, 0.2) is 0 Å². The Morgan fingerprint density at radius 1 is 1.69 bits per heavy atom. The number of hydrogen-bond acceptors (Lipinski definition) is 4. The number of methoxy groups -OCH3 is 1. The van der Waals surface area contributed by atoms with Crippen LogP contribution in [-0.4, -0.2) is 60.8 Å². The Morgan fingerprint density at radius 2 is 2.38 bits per heavy atom. The van der Waals surface area contributed by atoms with Gasteiger partial charge in [-0.2, -0.15) is 0 Å². The van der Waals surface area contributed by atoms with E-state index in [1.807, 2.05) is 6.92 Å². The third-order valence-electron chi connectivity index (χ3n) is 2.53. The van der Waals surface area contributed by atoms with Crippen LogP contribution in [0.15, 0.2) is 0 Å². The highest BCUT2D eigenvalue weighted by Gasteiger charge is 2.32. The van der Waals surface area contributed by atoms with Crippen LogP contribution in [0, 0.1) is 0 Å². The largest absolute Gasteiger partial charge is 0.481 e. The summed E-state index contributed by atoms with van der Waals surface area (Å²) in [5, 5.41) is 11.7. The van der Waals surface area contributed by atoms with Gasteiger partial charge in [-0.1, -0.05) is 0 Å². The highest BCUT2D eigenvalue weighted by Crippen LogP contribution is 2.08. The Kier molecular flexibility index (Phi) is 4.70. The lowest BCUT2D eigenvalue weighted by Gasteiger charge is -2.36. The number of carboxylic acids is 1. The molecule has 16 heavy (non-hydrogen) atoms. The summed E-state index contributed by atoms with van der Waals surface area (Å²) in [7, 11) is 1.57. The molecule has 0 aromatic carbocycles. The Labute approximate surface area is 94.6 Å². The number of piperazine rings is 1. The first-order valence-electron chi connectivity index (χ1n) is 5.30. The van der Waals surface area contributed by atoms with Gasteiger partial charge in [-0.05, 0) is 6.92 Å². The number of rotatable bonds is 5. The van der Waals surface area contributed by atoms with Crippen LogP contribution >= 0.6 is 0 Å². The van der Waals surface area contributed by atoms with E-state index in [-0.39, 0.29) is 18.4 Å². The molecule has 2 atom stereocenters. The Balaban J connectivity index is 2.58. The molecule has 0 spiro atoms. The van der Waals surface area contributed by atoms with E-state index in [1.165, 1.54) is 0 Å². The number of amides is 1. The molecule has 2 unspecified atom stereocenters. The predicted octanol–water partition coefficient (Wildman–Crippen LogP) is -0.704. The second-order valence-corrected chi connectivity index (χ2v) is 4.00. The normalized spacial score (nSPS) is 25.9. The molecular weight excluding hydrogens is 212 g/mol. The zero-order valence-corrected chi connectivity index (χ0v) is 9.60. The topological polar surface area (TPSA) is 78.9 Å². The molecule has 1 fully saturated rings. The molecule has 1 aliphatic rings. The molecule has 1 aliphatic heterocycles. The summed E-state index contributed by atoms with van der Waals surface area (Å²) in [4.78, 5) is 24.1. The van der Waals surface area contributed by atoms with Crippen LogP contribution in [0.2, 0.25) is 0 Å². The molecule has 0 aromatic heterocycles. The fraction of sp³-hybridized carbons (Fsp3) is 0.800.